The predicted molar refractivity (Wildman–Crippen MR) is 68.4 cm³/mol. The molecule has 0 amide bonds. The molecule has 0 aromatic heterocycles. The van der Waals surface area contributed by atoms with Gasteiger partial charge < -0.3 is 10.4 Å². The molecule has 3 heteroatoms. The minimum Gasteiger partial charge on any atom is -0.393 e. The minimum absolute atomic E-state index is 0.0323. The van der Waals surface area contributed by atoms with Crippen LogP contribution in [-0.4, -0.2) is 35.3 Å². The fraction of sp³-hybridized carbons (Fsp3) is 1.00. The highest BCUT2D eigenvalue weighted by Crippen LogP contribution is 2.26. The van der Waals surface area contributed by atoms with Crippen molar-refractivity contribution in [1.29, 1.82) is 0 Å². The van der Waals surface area contributed by atoms with Gasteiger partial charge in [0.1, 0.15) is 0 Å². The molecule has 1 aliphatic rings. The van der Waals surface area contributed by atoms with E-state index in [0.29, 0.717) is 6.04 Å². The highest BCUT2D eigenvalue weighted by molar-refractivity contribution is 7.99. The molecule has 2 nitrogen and oxygen atoms in total. The van der Waals surface area contributed by atoms with Gasteiger partial charge in [0.15, 0.2) is 0 Å². The maximum absolute atomic E-state index is 9.76. The van der Waals surface area contributed by atoms with Crippen LogP contribution in [0.1, 0.15) is 40.0 Å². The summed E-state index contributed by atoms with van der Waals surface area (Å²) in [5.41, 5.74) is 0.0323. The molecule has 1 saturated heterocycles. The summed E-state index contributed by atoms with van der Waals surface area (Å²) in [7, 11) is 0. The monoisotopic (exact) mass is 231 g/mol. The average Bonchev–Trinajstić information content (AvgIpc) is 2.27. The first-order chi connectivity index (χ1) is 7.08. The van der Waals surface area contributed by atoms with Crippen LogP contribution in [-0.2, 0) is 0 Å². The maximum atomic E-state index is 9.76. The quantitative estimate of drug-likeness (QED) is 0.761. The molecule has 2 atom stereocenters. The lowest BCUT2D eigenvalue weighted by Gasteiger charge is -2.34. The Hall–Kier alpha value is 0.270. The molecule has 0 radical (unpaired) electrons. The summed E-state index contributed by atoms with van der Waals surface area (Å²) in [5.74, 6) is 2.57. The first-order valence-electron chi connectivity index (χ1n) is 6.07. The Labute approximate surface area is 98.2 Å². The summed E-state index contributed by atoms with van der Waals surface area (Å²) in [6.07, 6.45) is 3.36. The molecule has 1 aliphatic heterocycles. The lowest BCUT2D eigenvalue weighted by molar-refractivity contribution is 0.0467. The van der Waals surface area contributed by atoms with Crippen molar-refractivity contribution in [2.45, 2.75) is 52.2 Å². The molecule has 0 aliphatic carbocycles. The van der Waals surface area contributed by atoms with Crippen LogP contribution in [0, 0.1) is 5.41 Å². The number of aliphatic hydroxyl groups is 1. The van der Waals surface area contributed by atoms with Crippen molar-refractivity contribution < 1.29 is 5.11 Å². The molecule has 0 spiro atoms. The molecule has 0 aromatic rings. The highest BCUT2D eigenvalue weighted by atomic mass is 32.2. The molecule has 2 unspecified atom stereocenters. The summed E-state index contributed by atoms with van der Waals surface area (Å²) in [4.78, 5) is 0. The van der Waals surface area contributed by atoms with Crippen LogP contribution in [0.25, 0.3) is 0 Å². The predicted octanol–water partition coefficient (Wildman–Crippen LogP) is 2.27. The van der Waals surface area contributed by atoms with E-state index in [1.54, 1.807) is 0 Å². The fourth-order valence-electron chi connectivity index (χ4n) is 1.85. The summed E-state index contributed by atoms with van der Waals surface area (Å²) >= 11 is 2.05. The Bertz CT molecular complexity index is 180. The van der Waals surface area contributed by atoms with Gasteiger partial charge in [0.05, 0.1) is 6.10 Å². The maximum Gasteiger partial charge on any atom is 0.0577 e. The lowest BCUT2D eigenvalue weighted by Crippen LogP contribution is -2.44. The number of aliphatic hydroxyl groups excluding tert-OH is 1. The molecule has 1 fully saturated rings. The van der Waals surface area contributed by atoms with Crippen molar-refractivity contribution >= 4 is 11.8 Å². The second kappa shape index (κ2) is 6.12. The molecular weight excluding hydrogens is 206 g/mol. The van der Waals surface area contributed by atoms with Crippen molar-refractivity contribution in [3.8, 4) is 0 Å². The third-order valence-corrected chi connectivity index (χ3v) is 4.88. The normalized spacial score (nSPS) is 24.8. The topological polar surface area (TPSA) is 32.3 Å². The summed E-state index contributed by atoms with van der Waals surface area (Å²) < 4.78 is 0. The van der Waals surface area contributed by atoms with Crippen molar-refractivity contribution in [3.05, 3.63) is 0 Å². The Balaban J connectivity index is 2.32. The molecule has 90 valence electrons. The van der Waals surface area contributed by atoms with Crippen LogP contribution >= 0.6 is 11.8 Å². The van der Waals surface area contributed by atoms with Crippen LogP contribution in [0.15, 0.2) is 0 Å². The SMILES string of the molecule is CCC(C)(CNC1CCSCC1)C(C)O. The molecule has 1 heterocycles. The van der Waals surface area contributed by atoms with E-state index in [0.717, 1.165) is 13.0 Å². The van der Waals surface area contributed by atoms with Crippen LogP contribution < -0.4 is 5.32 Å². The molecular formula is C12H25NOS. The van der Waals surface area contributed by atoms with Crippen LogP contribution in [0.5, 0.6) is 0 Å². The van der Waals surface area contributed by atoms with E-state index in [9.17, 15) is 5.11 Å². The Morgan fingerprint density at radius 3 is 2.53 bits per heavy atom. The van der Waals surface area contributed by atoms with Crippen LogP contribution in [0.2, 0.25) is 0 Å². The summed E-state index contributed by atoms with van der Waals surface area (Å²) in [5, 5.41) is 13.4. The number of nitrogens with one attached hydrogen (secondary N) is 1. The van der Waals surface area contributed by atoms with E-state index >= 15 is 0 Å². The number of rotatable bonds is 5. The molecule has 0 aromatic carbocycles. The van der Waals surface area contributed by atoms with Gasteiger partial charge in [0.25, 0.3) is 0 Å². The van der Waals surface area contributed by atoms with Gasteiger partial charge in [-0.3, -0.25) is 0 Å². The Kier molecular flexibility index (Phi) is 5.44. The fourth-order valence-corrected chi connectivity index (χ4v) is 2.95. The van der Waals surface area contributed by atoms with E-state index in [-0.39, 0.29) is 11.5 Å². The van der Waals surface area contributed by atoms with Gasteiger partial charge in [-0.1, -0.05) is 13.8 Å². The smallest absolute Gasteiger partial charge is 0.0577 e. The van der Waals surface area contributed by atoms with E-state index in [2.05, 4.69) is 30.9 Å². The third kappa shape index (κ3) is 3.97. The second-order valence-electron chi connectivity index (χ2n) is 4.95. The second-order valence-corrected chi connectivity index (χ2v) is 6.18. The van der Waals surface area contributed by atoms with E-state index in [1.807, 2.05) is 6.92 Å². The summed E-state index contributed by atoms with van der Waals surface area (Å²) in [6.45, 7) is 7.17. The first-order valence-corrected chi connectivity index (χ1v) is 7.23. The van der Waals surface area contributed by atoms with Gasteiger partial charge in [0.2, 0.25) is 0 Å². The van der Waals surface area contributed by atoms with Crippen molar-refractivity contribution in [2.24, 2.45) is 5.41 Å². The zero-order valence-electron chi connectivity index (χ0n) is 10.3. The number of hydrogen-bond acceptors (Lipinski definition) is 3. The van der Waals surface area contributed by atoms with Crippen LogP contribution in [0.3, 0.4) is 0 Å². The van der Waals surface area contributed by atoms with Crippen molar-refractivity contribution in [1.82, 2.24) is 5.32 Å². The van der Waals surface area contributed by atoms with E-state index < -0.39 is 0 Å². The number of thioether (sulfide) groups is 1. The average molecular weight is 231 g/mol. The van der Waals surface area contributed by atoms with E-state index in [1.165, 1.54) is 24.3 Å². The molecule has 0 saturated carbocycles. The van der Waals surface area contributed by atoms with Gasteiger partial charge in [-0.15, -0.1) is 0 Å². The summed E-state index contributed by atoms with van der Waals surface area (Å²) in [6, 6.07) is 0.677. The van der Waals surface area contributed by atoms with Gasteiger partial charge in [-0.2, -0.15) is 11.8 Å². The van der Waals surface area contributed by atoms with Crippen LogP contribution in [0.4, 0.5) is 0 Å². The highest BCUT2D eigenvalue weighted by Gasteiger charge is 2.28. The Morgan fingerprint density at radius 2 is 2.07 bits per heavy atom. The minimum atomic E-state index is -0.229. The first kappa shape index (κ1) is 13.3. The van der Waals surface area contributed by atoms with Crippen molar-refractivity contribution in [3.63, 3.8) is 0 Å². The lowest BCUT2D eigenvalue weighted by atomic mass is 9.82. The largest absolute Gasteiger partial charge is 0.393 e. The molecule has 15 heavy (non-hydrogen) atoms. The third-order valence-electron chi connectivity index (χ3n) is 3.83. The van der Waals surface area contributed by atoms with Gasteiger partial charge >= 0.3 is 0 Å². The van der Waals surface area contributed by atoms with Crippen molar-refractivity contribution in [2.75, 3.05) is 18.1 Å². The zero-order valence-corrected chi connectivity index (χ0v) is 11.1. The van der Waals surface area contributed by atoms with Gasteiger partial charge in [-0.05, 0) is 37.7 Å². The number of hydrogen-bond donors (Lipinski definition) is 2. The Morgan fingerprint density at radius 1 is 1.47 bits per heavy atom. The molecule has 2 N–H and O–H groups in total. The zero-order chi connectivity index (χ0) is 11.3. The van der Waals surface area contributed by atoms with Gasteiger partial charge in [-0.25, -0.2) is 0 Å². The van der Waals surface area contributed by atoms with E-state index in [4.69, 9.17) is 0 Å². The standard InChI is InChI=1S/C12H25NOS/c1-4-12(3,10(2)14)9-13-11-5-7-15-8-6-11/h10-11,13-14H,4-9H2,1-3H3. The van der Waals surface area contributed by atoms with Gasteiger partial charge in [0, 0.05) is 18.0 Å². The molecule has 1 rings (SSSR count). The molecule has 0 bridgehead atoms.